The number of rotatable bonds is 1. The predicted octanol–water partition coefficient (Wildman–Crippen LogP) is 3.70. The second-order valence-corrected chi connectivity index (χ2v) is 6.08. The SMILES string of the molecule is CC1=CCC(O)C2(C)CCC(C(C)C)C=C12. The van der Waals surface area contributed by atoms with Gasteiger partial charge < -0.3 is 5.11 Å². The highest BCUT2D eigenvalue weighted by molar-refractivity contribution is 5.41. The van der Waals surface area contributed by atoms with Crippen molar-refractivity contribution in [3.63, 3.8) is 0 Å². The van der Waals surface area contributed by atoms with E-state index in [9.17, 15) is 5.11 Å². The van der Waals surface area contributed by atoms with E-state index in [0.717, 1.165) is 12.8 Å². The Hall–Kier alpha value is -0.560. The van der Waals surface area contributed by atoms with E-state index in [4.69, 9.17) is 0 Å². The fraction of sp³-hybridized carbons (Fsp3) is 0.733. The van der Waals surface area contributed by atoms with Crippen LogP contribution in [-0.4, -0.2) is 11.2 Å². The molecule has 2 aliphatic rings. The third kappa shape index (κ3) is 1.75. The Bertz CT molecular complexity index is 337. The van der Waals surface area contributed by atoms with Crippen LogP contribution in [0.25, 0.3) is 0 Å². The maximum absolute atomic E-state index is 10.2. The van der Waals surface area contributed by atoms with Gasteiger partial charge in [-0.2, -0.15) is 0 Å². The zero-order chi connectivity index (χ0) is 11.9. The molecule has 0 fully saturated rings. The van der Waals surface area contributed by atoms with E-state index in [2.05, 4.69) is 39.8 Å². The molecule has 0 radical (unpaired) electrons. The van der Waals surface area contributed by atoms with Gasteiger partial charge in [0.25, 0.3) is 0 Å². The summed E-state index contributed by atoms with van der Waals surface area (Å²) in [5.74, 6) is 1.40. The van der Waals surface area contributed by atoms with Gasteiger partial charge >= 0.3 is 0 Å². The summed E-state index contributed by atoms with van der Waals surface area (Å²) in [5, 5.41) is 10.2. The summed E-state index contributed by atoms with van der Waals surface area (Å²) < 4.78 is 0. The van der Waals surface area contributed by atoms with E-state index < -0.39 is 0 Å². The van der Waals surface area contributed by atoms with Crippen molar-refractivity contribution in [3.8, 4) is 0 Å². The Morgan fingerprint density at radius 3 is 2.75 bits per heavy atom. The summed E-state index contributed by atoms with van der Waals surface area (Å²) in [6.45, 7) is 9.01. The van der Waals surface area contributed by atoms with Gasteiger partial charge in [-0.3, -0.25) is 0 Å². The molecule has 16 heavy (non-hydrogen) atoms. The number of hydrogen-bond donors (Lipinski definition) is 1. The molecule has 3 atom stereocenters. The van der Waals surface area contributed by atoms with Gasteiger partial charge in [0.15, 0.2) is 0 Å². The molecule has 1 N–H and O–H groups in total. The minimum absolute atomic E-state index is 0.0181. The Labute approximate surface area is 99.3 Å². The molecule has 1 nitrogen and oxygen atoms in total. The number of fused-ring (bicyclic) bond motifs is 1. The fourth-order valence-electron chi connectivity index (χ4n) is 3.20. The molecular weight excluding hydrogens is 196 g/mol. The lowest BCUT2D eigenvalue weighted by Crippen LogP contribution is -2.40. The van der Waals surface area contributed by atoms with Crippen LogP contribution in [0.2, 0.25) is 0 Å². The molecule has 0 amide bonds. The lowest BCUT2D eigenvalue weighted by molar-refractivity contribution is 0.0447. The Morgan fingerprint density at radius 2 is 2.12 bits per heavy atom. The first-order chi connectivity index (χ1) is 7.45. The highest BCUT2D eigenvalue weighted by atomic mass is 16.3. The van der Waals surface area contributed by atoms with E-state index in [0.29, 0.717) is 11.8 Å². The molecule has 0 bridgehead atoms. The van der Waals surface area contributed by atoms with Gasteiger partial charge in [0.05, 0.1) is 6.10 Å². The van der Waals surface area contributed by atoms with Gasteiger partial charge in [-0.05, 0) is 43.6 Å². The Kier molecular flexibility index (Phi) is 3.00. The minimum atomic E-state index is -0.185. The number of hydrogen-bond acceptors (Lipinski definition) is 1. The maximum atomic E-state index is 10.2. The van der Waals surface area contributed by atoms with Crippen molar-refractivity contribution in [2.24, 2.45) is 17.3 Å². The normalized spacial score (nSPS) is 39.1. The molecule has 0 saturated carbocycles. The van der Waals surface area contributed by atoms with Crippen molar-refractivity contribution >= 4 is 0 Å². The van der Waals surface area contributed by atoms with Crippen molar-refractivity contribution < 1.29 is 5.11 Å². The summed E-state index contributed by atoms with van der Waals surface area (Å²) in [6.07, 6.45) is 7.63. The van der Waals surface area contributed by atoms with Crippen molar-refractivity contribution in [2.75, 3.05) is 0 Å². The maximum Gasteiger partial charge on any atom is 0.0668 e. The van der Waals surface area contributed by atoms with E-state index in [1.165, 1.54) is 17.6 Å². The van der Waals surface area contributed by atoms with E-state index in [-0.39, 0.29) is 11.5 Å². The van der Waals surface area contributed by atoms with Crippen molar-refractivity contribution in [1.82, 2.24) is 0 Å². The first-order valence-electron chi connectivity index (χ1n) is 6.52. The van der Waals surface area contributed by atoms with Crippen LogP contribution in [0.1, 0.15) is 47.0 Å². The summed E-state index contributed by atoms with van der Waals surface area (Å²) in [7, 11) is 0. The zero-order valence-corrected chi connectivity index (χ0v) is 11.0. The van der Waals surface area contributed by atoms with Gasteiger partial charge in [0, 0.05) is 5.41 Å². The largest absolute Gasteiger partial charge is 0.392 e. The van der Waals surface area contributed by atoms with Gasteiger partial charge in [-0.25, -0.2) is 0 Å². The second-order valence-electron chi connectivity index (χ2n) is 6.08. The smallest absolute Gasteiger partial charge is 0.0668 e. The van der Waals surface area contributed by atoms with Crippen LogP contribution < -0.4 is 0 Å². The molecule has 0 saturated heterocycles. The Morgan fingerprint density at radius 1 is 1.44 bits per heavy atom. The lowest BCUT2D eigenvalue weighted by atomic mass is 9.62. The summed E-state index contributed by atoms with van der Waals surface area (Å²) in [4.78, 5) is 0. The molecule has 2 rings (SSSR count). The highest BCUT2D eigenvalue weighted by Crippen LogP contribution is 2.49. The van der Waals surface area contributed by atoms with Gasteiger partial charge in [0.1, 0.15) is 0 Å². The molecule has 1 heteroatoms. The summed E-state index contributed by atoms with van der Waals surface area (Å²) in [6, 6.07) is 0. The first-order valence-corrected chi connectivity index (χ1v) is 6.52. The molecular formula is C15H24O. The monoisotopic (exact) mass is 220 g/mol. The van der Waals surface area contributed by atoms with E-state index in [1.807, 2.05) is 0 Å². The van der Waals surface area contributed by atoms with Crippen LogP contribution in [0.3, 0.4) is 0 Å². The molecule has 0 heterocycles. The average molecular weight is 220 g/mol. The van der Waals surface area contributed by atoms with E-state index >= 15 is 0 Å². The fourth-order valence-corrected chi connectivity index (χ4v) is 3.20. The molecule has 90 valence electrons. The van der Waals surface area contributed by atoms with Crippen LogP contribution >= 0.6 is 0 Å². The molecule has 0 aromatic carbocycles. The topological polar surface area (TPSA) is 20.2 Å². The molecule has 0 aromatic heterocycles. The third-order valence-corrected chi connectivity index (χ3v) is 4.66. The molecule has 0 aliphatic heterocycles. The van der Waals surface area contributed by atoms with Crippen LogP contribution in [0.15, 0.2) is 23.3 Å². The number of aliphatic hydroxyl groups excluding tert-OH is 1. The van der Waals surface area contributed by atoms with Crippen LogP contribution in [0.4, 0.5) is 0 Å². The van der Waals surface area contributed by atoms with Crippen LogP contribution in [0.5, 0.6) is 0 Å². The average Bonchev–Trinajstić information content (AvgIpc) is 2.24. The zero-order valence-electron chi connectivity index (χ0n) is 11.0. The lowest BCUT2D eigenvalue weighted by Gasteiger charge is -2.45. The van der Waals surface area contributed by atoms with Crippen molar-refractivity contribution in [3.05, 3.63) is 23.3 Å². The molecule has 0 aromatic rings. The third-order valence-electron chi connectivity index (χ3n) is 4.66. The molecule has 2 aliphatic carbocycles. The number of allylic oxidation sites excluding steroid dienone is 2. The van der Waals surface area contributed by atoms with Crippen LogP contribution in [0, 0.1) is 17.3 Å². The highest BCUT2D eigenvalue weighted by Gasteiger charge is 2.42. The summed E-state index contributed by atoms with van der Waals surface area (Å²) >= 11 is 0. The molecule has 3 unspecified atom stereocenters. The number of aliphatic hydroxyl groups is 1. The first kappa shape index (κ1) is 11.9. The van der Waals surface area contributed by atoms with Crippen molar-refractivity contribution in [2.45, 2.75) is 53.1 Å². The quantitative estimate of drug-likeness (QED) is 0.714. The van der Waals surface area contributed by atoms with Crippen molar-refractivity contribution in [1.29, 1.82) is 0 Å². The van der Waals surface area contributed by atoms with Crippen LogP contribution in [-0.2, 0) is 0 Å². The summed E-state index contributed by atoms with van der Waals surface area (Å²) in [5.41, 5.74) is 2.82. The predicted molar refractivity (Wildman–Crippen MR) is 68.1 cm³/mol. The second kappa shape index (κ2) is 4.03. The van der Waals surface area contributed by atoms with Gasteiger partial charge in [-0.15, -0.1) is 0 Å². The minimum Gasteiger partial charge on any atom is -0.392 e. The van der Waals surface area contributed by atoms with Gasteiger partial charge in [-0.1, -0.05) is 38.5 Å². The van der Waals surface area contributed by atoms with E-state index in [1.54, 1.807) is 0 Å². The Balaban J connectivity index is 2.39. The standard InChI is InChI=1S/C15H24O/c1-10(2)12-7-8-15(4)13(9-12)11(3)5-6-14(15)16/h5,9-10,12,14,16H,6-8H2,1-4H3. The molecule has 0 spiro atoms. The van der Waals surface area contributed by atoms with Gasteiger partial charge in [0.2, 0.25) is 0 Å².